The summed E-state index contributed by atoms with van der Waals surface area (Å²) in [5.41, 5.74) is 1.01. The first kappa shape index (κ1) is 22.9. The number of para-hydroxylation sites is 2. The van der Waals surface area contributed by atoms with E-state index in [0.29, 0.717) is 46.5 Å². The molecule has 162 valence electrons. The molecule has 1 heterocycles. The Morgan fingerprint density at radius 2 is 1.73 bits per heavy atom. The van der Waals surface area contributed by atoms with Gasteiger partial charge in [0.25, 0.3) is 0 Å². The third kappa shape index (κ3) is 5.46. The van der Waals surface area contributed by atoms with Crippen molar-refractivity contribution < 1.29 is 17.9 Å². The monoisotopic (exact) mass is 470 g/mol. The van der Waals surface area contributed by atoms with E-state index in [1.807, 2.05) is 19.1 Å². The van der Waals surface area contributed by atoms with E-state index in [-0.39, 0.29) is 30.7 Å². The number of anilines is 1. The zero-order valence-electron chi connectivity index (χ0n) is 16.6. The third-order valence-corrected chi connectivity index (χ3v) is 7.56. The van der Waals surface area contributed by atoms with Crippen molar-refractivity contribution in [3.05, 3.63) is 58.1 Å². The highest BCUT2D eigenvalue weighted by Gasteiger charge is 2.32. The van der Waals surface area contributed by atoms with E-state index in [0.717, 1.165) is 0 Å². The normalized spacial score (nSPS) is 15.7. The molecule has 3 rings (SSSR count). The summed E-state index contributed by atoms with van der Waals surface area (Å²) < 4.78 is 32.6. The van der Waals surface area contributed by atoms with Gasteiger partial charge in [0.1, 0.15) is 5.75 Å². The van der Waals surface area contributed by atoms with Crippen LogP contribution >= 0.6 is 23.2 Å². The van der Waals surface area contributed by atoms with Gasteiger partial charge in [0.05, 0.1) is 18.0 Å². The van der Waals surface area contributed by atoms with Crippen LogP contribution in [0.25, 0.3) is 0 Å². The average Bonchev–Trinajstić information content (AvgIpc) is 2.72. The predicted octanol–water partition coefficient (Wildman–Crippen LogP) is 4.57. The summed E-state index contributed by atoms with van der Waals surface area (Å²) in [6, 6.07) is 12.2. The number of carbonyl (C=O) groups excluding carboxylic acids is 1. The Kier molecular flexibility index (Phi) is 7.63. The van der Waals surface area contributed by atoms with Crippen molar-refractivity contribution in [1.29, 1.82) is 0 Å². The molecule has 0 aromatic heterocycles. The molecule has 2 aromatic carbocycles. The first-order chi connectivity index (χ1) is 14.3. The summed E-state index contributed by atoms with van der Waals surface area (Å²) >= 11 is 12.2. The van der Waals surface area contributed by atoms with Gasteiger partial charge in [0.2, 0.25) is 15.9 Å². The molecule has 0 spiro atoms. The van der Waals surface area contributed by atoms with Crippen molar-refractivity contribution in [3.63, 3.8) is 0 Å². The molecule has 2 aromatic rings. The molecular formula is C21H24Cl2N2O4S. The van der Waals surface area contributed by atoms with Crippen molar-refractivity contribution >= 4 is 44.8 Å². The smallest absolute Gasteiger partial charge is 0.227 e. The Balaban J connectivity index is 1.61. The molecule has 0 saturated carbocycles. The topological polar surface area (TPSA) is 75.7 Å². The Bertz CT molecular complexity index is 986. The molecule has 0 unspecified atom stereocenters. The number of hydrogen-bond acceptors (Lipinski definition) is 4. The zero-order chi connectivity index (χ0) is 21.7. The maximum atomic E-state index is 12.8. The van der Waals surface area contributed by atoms with Crippen LogP contribution < -0.4 is 10.1 Å². The lowest BCUT2D eigenvalue weighted by molar-refractivity contribution is -0.120. The molecule has 1 N–H and O–H groups in total. The lowest BCUT2D eigenvalue weighted by Gasteiger charge is -2.30. The highest BCUT2D eigenvalue weighted by Crippen LogP contribution is 2.30. The highest BCUT2D eigenvalue weighted by atomic mass is 35.5. The molecule has 1 saturated heterocycles. The summed E-state index contributed by atoms with van der Waals surface area (Å²) in [6.07, 6.45) is 0.885. The van der Waals surface area contributed by atoms with Gasteiger partial charge < -0.3 is 10.1 Å². The number of nitrogens with zero attached hydrogens (tertiary/aromatic N) is 1. The van der Waals surface area contributed by atoms with E-state index in [4.69, 9.17) is 27.9 Å². The number of ether oxygens (including phenoxy) is 1. The molecule has 1 aliphatic rings. The zero-order valence-corrected chi connectivity index (χ0v) is 18.9. The number of carbonyl (C=O) groups is 1. The van der Waals surface area contributed by atoms with Gasteiger partial charge in [0, 0.05) is 34.6 Å². The number of halogens is 2. The lowest BCUT2D eigenvalue weighted by atomic mass is 9.97. The minimum atomic E-state index is -3.59. The van der Waals surface area contributed by atoms with Crippen molar-refractivity contribution in [1.82, 2.24) is 4.31 Å². The van der Waals surface area contributed by atoms with Crippen LogP contribution in [0.2, 0.25) is 10.0 Å². The Morgan fingerprint density at radius 3 is 2.37 bits per heavy atom. The van der Waals surface area contributed by atoms with E-state index in [1.165, 1.54) is 4.31 Å². The molecule has 0 aliphatic carbocycles. The Morgan fingerprint density at radius 1 is 1.10 bits per heavy atom. The summed E-state index contributed by atoms with van der Waals surface area (Å²) in [5.74, 6) is -0.0437. The largest absolute Gasteiger partial charge is 0.492 e. The molecule has 1 aliphatic heterocycles. The quantitative estimate of drug-likeness (QED) is 0.642. The second kappa shape index (κ2) is 10.0. The van der Waals surface area contributed by atoms with E-state index in [2.05, 4.69) is 5.32 Å². The summed E-state index contributed by atoms with van der Waals surface area (Å²) in [7, 11) is -3.59. The van der Waals surface area contributed by atoms with E-state index in [9.17, 15) is 13.2 Å². The number of sulfonamides is 1. The molecule has 1 fully saturated rings. The van der Waals surface area contributed by atoms with Crippen LogP contribution in [0.3, 0.4) is 0 Å². The molecule has 6 nitrogen and oxygen atoms in total. The summed E-state index contributed by atoms with van der Waals surface area (Å²) in [5, 5.41) is 3.56. The van der Waals surface area contributed by atoms with Crippen LogP contribution in [0, 0.1) is 5.92 Å². The number of hydrogen-bond donors (Lipinski definition) is 1. The lowest BCUT2D eigenvalue weighted by Crippen LogP contribution is -2.42. The third-order valence-electron chi connectivity index (χ3n) is 5.05. The fourth-order valence-corrected chi connectivity index (χ4v) is 5.74. The second-order valence-electron chi connectivity index (χ2n) is 7.05. The Labute approximate surface area is 187 Å². The first-order valence-corrected chi connectivity index (χ1v) is 12.1. The number of amides is 1. The SMILES string of the molecule is CCOc1ccccc1NC(=O)C1CCN(S(=O)(=O)Cc2c(Cl)cccc2Cl)CC1. The van der Waals surface area contributed by atoms with Gasteiger partial charge in [-0.05, 0) is 44.0 Å². The van der Waals surface area contributed by atoms with Gasteiger partial charge in [0.15, 0.2) is 0 Å². The van der Waals surface area contributed by atoms with Gasteiger partial charge in [-0.15, -0.1) is 0 Å². The van der Waals surface area contributed by atoms with Crippen LogP contribution in [-0.4, -0.2) is 38.3 Å². The first-order valence-electron chi connectivity index (χ1n) is 9.75. The minimum Gasteiger partial charge on any atom is -0.492 e. The maximum Gasteiger partial charge on any atom is 0.227 e. The van der Waals surface area contributed by atoms with E-state index >= 15 is 0 Å². The van der Waals surface area contributed by atoms with Crippen LogP contribution in [0.15, 0.2) is 42.5 Å². The molecule has 1 amide bonds. The molecular weight excluding hydrogens is 447 g/mol. The molecule has 30 heavy (non-hydrogen) atoms. The summed E-state index contributed by atoms with van der Waals surface area (Å²) in [4.78, 5) is 12.7. The van der Waals surface area contributed by atoms with Crippen LogP contribution in [0.5, 0.6) is 5.75 Å². The minimum absolute atomic E-state index is 0.131. The van der Waals surface area contributed by atoms with Gasteiger partial charge in [-0.1, -0.05) is 41.4 Å². The molecule has 0 bridgehead atoms. The predicted molar refractivity (Wildman–Crippen MR) is 120 cm³/mol. The van der Waals surface area contributed by atoms with Crippen LogP contribution in [-0.2, 0) is 20.6 Å². The fraction of sp³-hybridized carbons (Fsp3) is 0.381. The number of piperidine rings is 1. The van der Waals surface area contributed by atoms with Crippen molar-refractivity contribution in [2.75, 3.05) is 25.0 Å². The van der Waals surface area contributed by atoms with Gasteiger partial charge in [-0.2, -0.15) is 0 Å². The molecule has 9 heteroatoms. The highest BCUT2D eigenvalue weighted by molar-refractivity contribution is 7.88. The van der Waals surface area contributed by atoms with Gasteiger partial charge >= 0.3 is 0 Å². The molecule has 0 atom stereocenters. The van der Waals surface area contributed by atoms with Gasteiger partial charge in [-0.3, -0.25) is 4.79 Å². The number of rotatable bonds is 7. The van der Waals surface area contributed by atoms with Crippen molar-refractivity contribution in [2.45, 2.75) is 25.5 Å². The van der Waals surface area contributed by atoms with E-state index in [1.54, 1.807) is 30.3 Å². The summed E-state index contributed by atoms with van der Waals surface area (Å²) in [6.45, 7) is 2.92. The van der Waals surface area contributed by atoms with Crippen molar-refractivity contribution in [3.8, 4) is 5.75 Å². The second-order valence-corrected chi connectivity index (χ2v) is 9.83. The maximum absolute atomic E-state index is 12.8. The van der Waals surface area contributed by atoms with Crippen molar-refractivity contribution in [2.24, 2.45) is 5.92 Å². The fourth-order valence-electron chi connectivity index (χ4n) is 3.43. The standard InChI is InChI=1S/C21H24Cl2N2O4S/c1-2-29-20-9-4-3-8-19(20)24-21(26)15-10-12-25(13-11-15)30(27,28)14-16-17(22)6-5-7-18(16)23/h3-9,15H,2,10-14H2,1H3,(H,24,26). The Hall–Kier alpha value is -1.80. The number of nitrogens with one attached hydrogen (secondary N) is 1. The molecule has 0 radical (unpaired) electrons. The number of benzene rings is 2. The van der Waals surface area contributed by atoms with Gasteiger partial charge in [-0.25, -0.2) is 12.7 Å². The van der Waals surface area contributed by atoms with E-state index < -0.39 is 10.0 Å². The van der Waals surface area contributed by atoms with Crippen LogP contribution in [0.1, 0.15) is 25.3 Å². The average molecular weight is 471 g/mol. The van der Waals surface area contributed by atoms with Crippen LogP contribution in [0.4, 0.5) is 5.69 Å².